The summed E-state index contributed by atoms with van der Waals surface area (Å²) in [5.74, 6) is -0.744. The van der Waals surface area contributed by atoms with Crippen LogP contribution in [0.4, 0.5) is 0 Å². The van der Waals surface area contributed by atoms with Crippen molar-refractivity contribution in [3.05, 3.63) is 34.7 Å². The minimum Gasteiger partial charge on any atom is -0.296 e. The number of pyridine rings is 1. The second-order valence-electron chi connectivity index (χ2n) is 4.24. The highest BCUT2D eigenvalue weighted by Gasteiger charge is 2.29. The number of piperidine rings is 1. The van der Waals surface area contributed by atoms with E-state index in [1.807, 2.05) is 22.7 Å². The van der Waals surface area contributed by atoms with Crippen LogP contribution in [0, 0.1) is 0 Å². The van der Waals surface area contributed by atoms with Crippen molar-refractivity contribution in [3.8, 4) is 0 Å². The summed E-state index contributed by atoms with van der Waals surface area (Å²) in [6, 6.07) is 3.76. The maximum absolute atomic E-state index is 11.9. The van der Waals surface area contributed by atoms with Gasteiger partial charge in [-0.05, 0) is 28.4 Å². The fraction of sp³-hybridized carbons (Fsp3) is 0.250. The molecule has 0 radical (unpaired) electrons. The molecule has 2 aromatic heterocycles. The van der Waals surface area contributed by atoms with Gasteiger partial charge in [-0.1, -0.05) is 6.07 Å². The third-order valence-corrected chi connectivity index (χ3v) is 3.72. The number of aromatic nitrogens is 2. The van der Waals surface area contributed by atoms with E-state index >= 15 is 0 Å². The molecule has 3 rings (SSSR count). The number of nitrogens with one attached hydrogen (secondary N) is 1. The van der Waals surface area contributed by atoms with E-state index in [0.717, 1.165) is 15.8 Å². The Kier molecular flexibility index (Phi) is 2.66. The number of halogens is 1. The Balaban J connectivity index is 2.09. The van der Waals surface area contributed by atoms with Crippen molar-refractivity contribution in [3.63, 3.8) is 0 Å². The van der Waals surface area contributed by atoms with Crippen LogP contribution in [-0.2, 0) is 9.59 Å². The van der Waals surface area contributed by atoms with Gasteiger partial charge in [-0.3, -0.25) is 19.3 Å². The van der Waals surface area contributed by atoms with Gasteiger partial charge in [0.2, 0.25) is 11.8 Å². The highest BCUT2D eigenvalue weighted by Crippen LogP contribution is 2.28. The Morgan fingerprint density at radius 2 is 2.28 bits per heavy atom. The topological polar surface area (TPSA) is 63.5 Å². The molecule has 18 heavy (non-hydrogen) atoms. The molecule has 3 heterocycles. The van der Waals surface area contributed by atoms with Crippen molar-refractivity contribution in [2.24, 2.45) is 0 Å². The van der Waals surface area contributed by atoms with Crippen molar-refractivity contribution in [2.75, 3.05) is 0 Å². The molecule has 5 nitrogen and oxygen atoms in total. The van der Waals surface area contributed by atoms with Gasteiger partial charge in [0.25, 0.3) is 0 Å². The number of imide groups is 1. The Morgan fingerprint density at radius 3 is 3.06 bits per heavy atom. The van der Waals surface area contributed by atoms with Crippen molar-refractivity contribution in [2.45, 2.75) is 18.8 Å². The zero-order valence-electron chi connectivity index (χ0n) is 9.39. The summed E-state index contributed by atoms with van der Waals surface area (Å²) in [5.41, 5.74) is 1.60. The molecule has 6 heteroatoms. The molecule has 1 fully saturated rings. The van der Waals surface area contributed by atoms with E-state index in [1.54, 1.807) is 6.20 Å². The second-order valence-corrected chi connectivity index (χ2v) is 5.05. The number of hydrogen-bond acceptors (Lipinski definition) is 3. The predicted molar refractivity (Wildman–Crippen MR) is 68.0 cm³/mol. The molecule has 1 aliphatic heterocycles. The highest BCUT2D eigenvalue weighted by molar-refractivity contribution is 9.10. The summed E-state index contributed by atoms with van der Waals surface area (Å²) in [5, 5.41) is 2.37. The SMILES string of the molecule is O=C1CCC(c2cccn3c(Br)cnc23)C(=O)N1. The van der Waals surface area contributed by atoms with E-state index < -0.39 is 0 Å². The first-order valence-corrected chi connectivity index (χ1v) is 6.41. The molecule has 1 unspecified atom stereocenters. The molecule has 1 aliphatic rings. The molecular weight excluding hydrogens is 298 g/mol. The molecule has 0 spiro atoms. The molecule has 92 valence electrons. The highest BCUT2D eigenvalue weighted by atomic mass is 79.9. The third-order valence-electron chi connectivity index (χ3n) is 3.14. The summed E-state index contributed by atoms with van der Waals surface area (Å²) in [6.07, 6.45) is 4.49. The average Bonchev–Trinajstić information content (AvgIpc) is 2.72. The average molecular weight is 308 g/mol. The minimum absolute atomic E-state index is 0.201. The van der Waals surface area contributed by atoms with E-state index in [4.69, 9.17) is 0 Å². The smallest absolute Gasteiger partial charge is 0.234 e. The van der Waals surface area contributed by atoms with Crippen LogP contribution in [0.5, 0.6) is 0 Å². The van der Waals surface area contributed by atoms with E-state index in [-0.39, 0.29) is 17.7 Å². The predicted octanol–water partition coefficient (Wildman–Crippen LogP) is 1.62. The van der Waals surface area contributed by atoms with Gasteiger partial charge >= 0.3 is 0 Å². The summed E-state index contributed by atoms with van der Waals surface area (Å²) in [6.45, 7) is 0. The van der Waals surface area contributed by atoms with Crippen LogP contribution in [0.3, 0.4) is 0 Å². The van der Waals surface area contributed by atoms with Crippen molar-refractivity contribution >= 4 is 33.4 Å². The van der Waals surface area contributed by atoms with Crippen LogP contribution < -0.4 is 5.32 Å². The Bertz CT molecular complexity index is 650. The lowest BCUT2D eigenvalue weighted by molar-refractivity contribution is -0.134. The van der Waals surface area contributed by atoms with Crippen LogP contribution in [-0.4, -0.2) is 21.2 Å². The maximum atomic E-state index is 11.9. The normalized spacial score (nSPS) is 20.2. The lowest BCUT2D eigenvalue weighted by Crippen LogP contribution is -2.39. The van der Waals surface area contributed by atoms with Crippen LogP contribution >= 0.6 is 15.9 Å². The van der Waals surface area contributed by atoms with E-state index in [0.29, 0.717) is 12.8 Å². The number of carbonyl (C=O) groups excluding carboxylic acids is 2. The molecule has 2 aromatic rings. The lowest BCUT2D eigenvalue weighted by Gasteiger charge is -2.21. The largest absolute Gasteiger partial charge is 0.296 e. The number of nitrogens with zero attached hydrogens (tertiary/aromatic N) is 2. The first-order chi connectivity index (χ1) is 8.66. The number of imidazole rings is 1. The Hall–Kier alpha value is -1.69. The Morgan fingerprint density at radius 1 is 1.44 bits per heavy atom. The van der Waals surface area contributed by atoms with Gasteiger partial charge in [-0.15, -0.1) is 0 Å². The molecule has 1 atom stereocenters. The minimum atomic E-state index is -0.305. The van der Waals surface area contributed by atoms with E-state index in [9.17, 15) is 9.59 Å². The third kappa shape index (κ3) is 1.73. The quantitative estimate of drug-likeness (QED) is 0.814. The van der Waals surface area contributed by atoms with Gasteiger partial charge in [0.15, 0.2) is 0 Å². The van der Waals surface area contributed by atoms with Gasteiger partial charge in [0.1, 0.15) is 10.3 Å². The first kappa shape index (κ1) is 11.4. The monoisotopic (exact) mass is 307 g/mol. The summed E-state index contributed by atoms with van der Waals surface area (Å²) < 4.78 is 2.71. The summed E-state index contributed by atoms with van der Waals surface area (Å²) >= 11 is 3.40. The molecule has 0 aliphatic carbocycles. The zero-order valence-corrected chi connectivity index (χ0v) is 11.0. The summed E-state index contributed by atoms with van der Waals surface area (Å²) in [4.78, 5) is 27.3. The lowest BCUT2D eigenvalue weighted by atomic mass is 9.91. The van der Waals surface area contributed by atoms with Crippen molar-refractivity contribution < 1.29 is 9.59 Å². The van der Waals surface area contributed by atoms with Crippen molar-refractivity contribution in [1.82, 2.24) is 14.7 Å². The molecular formula is C12H10BrN3O2. The number of fused-ring (bicyclic) bond motifs is 1. The van der Waals surface area contributed by atoms with Crippen LogP contribution in [0.15, 0.2) is 29.1 Å². The van der Waals surface area contributed by atoms with Crippen LogP contribution in [0.2, 0.25) is 0 Å². The number of hydrogen-bond donors (Lipinski definition) is 1. The fourth-order valence-corrected chi connectivity index (χ4v) is 2.65. The van der Waals surface area contributed by atoms with E-state index in [1.165, 1.54) is 0 Å². The van der Waals surface area contributed by atoms with Gasteiger partial charge < -0.3 is 0 Å². The molecule has 1 saturated heterocycles. The zero-order chi connectivity index (χ0) is 12.7. The summed E-state index contributed by atoms with van der Waals surface area (Å²) in [7, 11) is 0. The van der Waals surface area contributed by atoms with Gasteiger partial charge in [0.05, 0.1) is 12.1 Å². The molecule has 2 amide bonds. The number of amides is 2. The van der Waals surface area contributed by atoms with Gasteiger partial charge in [-0.25, -0.2) is 4.98 Å². The second kappa shape index (κ2) is 4.20. The van der Waals surface area contributed by atoms with Crippen LogP contribution in [0.25, 0.3) is 5.65 Å². The van der Waals surface area contributed by atoms with E-state index in [2.05, 4.69) is 26.2 Å². The number of rotatable bonds is 1. The number of carbonyl (C=O) groups is 2. The standard InChI is InChI=1S/C12H10BrN3O2/c13-9-6-14-11-7(2-1-5-16(9)11)8-3-4-10(17)15-12(8)18/h1-2,5-6,8H,3-4H2,(H,15,17,18). The first-order valence-electron chi connectivity index (χ1n) is 5.62. The maximum Gasteiger partial charge on any atom is 0.234 e. The molecule has 0 aromatic carbocycles. The van der Waals surface area contributed by atoms with Crippen molar-refractivity contribution in [1.29, 1.82) is 0 Å². The van der Waals surface area contributed by atoms with Gasteiger partial charge in [-0.2, -0.15) is 0 Å². The fourth-order valence-electron chi connectivity index (χ4n) is 2.26. The van der Waals surface area contributed by atoms with Gasteiger partial charge in [0, 0.05) is 18.2 Å². The Labute approximate surface area is 111 Å². The molecule has 0 bridgehead atoms. The molecule has 0 saturated carbocycles. The van der Waals surface area contributed by atoms with Crippen LogP contribution in [0.1, 0.15) is 24.3 Å². The molecule has 1 N–H and O–H groups in total.